The maximum Gasteiger partial charge on any atom is 0.221 e. The van der Waals surface area contributed by atoms with Gasteiger partial charge in [0, 0.05) is 20.1 Å². The second-order valence-electron chi connectivity index (χ2n) is 5.76. The van der Waals surface area contributed by atoms with E-state index in [1.54, 1.807) is 26.3 Å². The van der Waals surface area contributed by atoms with E-state index < -0.39 is 15.3 Å². The zero-order chi connectivity index (χ0) is 16.5. The minimum atomic E-state index is -3.46. The summed E-state index contributed by atoms with van der Waals surface area (Å²) in [5, 5.41) is 0.975. The van der Waals surface area contributed by atoms with Crippen LogP contribution in [-0.2, 0) is 14.9 Å². The fraction of sp³-hybridized carbons (Fsp3) is 0.600. The summed E-state index contributed by atoms with van der Waals surface area (Å²) < 4.78 is 32.3. The highest BCUT2D eigenvalue weighted by molar-refractivity contribution is 7.89. The molecule has 7 heteroatoms. The monoisotopic (exact) mass is 328 g/mol. The Morgan fingerprint density at radius 3 is 2.68 bits per heavy atom. The van der Waals surface area contributed by atoms with E-state index in [9.17, 15) is 8.42 Å². The molecule has 0 N–H and O–H groups in total. The average molecular weight is 328 g/mol. The Labute approximate surface area is 132 Å². The van der Waals surface area contributed by atoms with Gasteiger partial charge in [0.15, 0.2) is 0 Å². The van der Waals surface area contributed by atoms with Crippen molar-refractivity contribution in [2.75, 3.05) is 27.8 Å². The lowest BCUT2D eigenvalue weighted by Gasteiger charge is -2.28. The second-order valence-corrected chi connectivity index (χ2v) is 7.97. The first-order valence-electron chi connectivity index (χ1n) is 7.25. The van der Waals surface area contributed by atoms with Crippen molar-refractivity contribution < 1.29 is 18.0 Å². The fourth-order valence-corrected chi connectivity index (χ4v) is 4.50. The van der Waals surface area contributed by atoms with Gasteiger partial charge in [-0.05, 0) is 31.5 Å². The second kappa shape index (κ2) is 6.54. The number of benzene rings is 1. The largest absolute Gasteiger partial charge is 0.497 e. The molecule has 0 radical (unpaired) electrons. The van der Waals surface area contributed by atoms with E-state index >= 15 is 0 Å². The van der Waals surface area contributed by atoms with Gasteiger partial charge in [0.2, 0.25) is 10.0 Å². The predicted octanol–water partition coefficient (Wildman–Crippen LogP) is 1.65. The molecule has 0 aliphatic carbocycles. The number of rotatable bonds is 5. The molecule has 1 aliphatic rings. The van der Waals surface area contributed by atoms with E-state index in [-0.39, 0.29) is 18.7 Å². The Morgan fingerprint density at radius 2 is 2.09 bits per heavy atom. The van der Waals surface area contributed by atoms with E-state index in [2.05, 4.69) is 0 Å². The van der Waals surface area contributed by atoms with Crippen LogP contribution in [0.1, 0.15) is 25.5 Å². The van der Waals surface area contributed by atoms with Gasteiger partial charge in [-0.15, -0.1) is 0 Å². The van der Waals surface area contributed by atoms with Gasteiger partial charge in [0.05, 0.1) is 19.8 Å². The van der Waals surface area contributed by atoms with Crippen LogP contribution in [0, 0.1) is 0 Å². The molecule has 2 unspecified atom stereocenters. The highest BCUT2D eigenvalue weighted by Gasteiger charge is 2.45. The quantitative estimate of drug-likeness (QED) is 0.822. The van der Waals surface area contributed by atoms with Crippen LogP contribution in [0.4, 0.5) is 0 Å². The minimum absolute atomic E-state index is 0.0955. The lowest BCUT2D eigenvalue weighted by Crippen LogP contribution is -2.43. The molecular weight excluding hydrogens is 304 g/mol. The summed E-state index contributed by atoms with van der Waals surface area (Å²) in [6.45, 7) is 3.87. The highest BCUT2D eigenvalue weighted by Crippen LogP contribution is 2.36. The average Bonchev–Trinajstić information content (AvgIpc) is 2.88. The third-order valence-electron chi connectivity index (χ3n) is 4.13. The van der Waals surface area contributed by atoms with Gasteiger partial charge in [-0.25, -0.2) is 12.7 Å². The lowest BCUT2D eigenvalue weighted by atomic mass is 10.0. The van der Waals surface area contributed by atoms with Crippen LogP contribution in [0.2, 0.25) is 0 Å². The molecule has 1 aromatic rings. The van der Waals surface area contributed by atoms with Gasteiger partial charge in [-0.3, -0.25) is 4.84 Å². The summed E-state index contributed by atoms with van der Waals surface area (Å²) >= 11 is 0. The summed E-state index contributed by atoms with van der Waals surface area (Å²) in [6.07, 6.45) is 0. The van der Waals surface area contributed by atoms with Crippen LogP contribution in [0.5, 0.6) is 5.75 Å². The molecule has 1 heterocycles. The summed E-state index contributed by atoms with van der Waals surface area (Å²) in [7, 11) is 1.50. The Morgan fingerprint density at radius 1 is 1.41 bits per heavy atom. The van der Waals surface area contributed by atoms with Crippen molar-refractivity contribution in [1.29, 1.82) is 0 Å². The van der Waals surface area contributed by atoms with Crippen LogP contribution in [0.15, 0.2) is 24.3 Å². The maximum absolute atomic E-state index is 12.8. The molecule has 2 rings (SSSR count). The van der Waals surface area contributed by atoms with E-state index in [1.807, 2.05) is 38.1 Å². The molecule has 6 nitrogen and oxygen atoms in total. The van der Waals surface area contributed by atoms with Gasteiger partial charge in [-0.2, -0.15) is 5.06 Å². The molecule has 0 amide bonds. The Balaban J connectivity index is 2.40. The van der Waals surface area contributed by atoms with Gasteiger partial charge >= 0.3 is 0 Å². The zero-order valence-electron chi connectivity index (χ0n) is 13.7. The standard InChI is InChI=1S/C15H24N2O4S/c1-11(2)17(4)22(18,19)14-10-21-16(3)15(14)12-7-6-8-13(9-12)20-5/h6-9,11,14-15H,10H2,1-5H3. The summed E-state index contributed by atoms with van der Waals surface area (Å²) in [4.78, 5) is 5.51. The third-order valence-corrected chi connectivity index (χ3v) is 6.52. The Bertz CT molecular complexity index is 618. The minimum Gasteiger partial charge on any atom is -0.497 e. The topological polar surface area (TPSA) is 59.1 Å². The molecular formula is C15H24N2O4S. The lowest BCUT2D eigenvalue weighted by molar-refractivity contribution is -0.110. The van der Waals surface area contributed by atoms with E-state index in [1.165, 1.54) is 4.31 Å². The van der Waals surface area contributed by atoms with Gasteiger partial charge in [-0.1, -0.05) is 12.1 Å². The molecule has 0 spiro atoms. The number of hydroxylamine groups is 2. The summed E-state index contributed by atoms with van der Waals surface area (Å²) in [5.41, 5.74) is 0.866. The molecule has 0 saturated carbocycles. The van der Waals surface area contributed by atoms with E-state index in [0.29, 0.717) is 5.75 Å². The van der Waals surface area contributed by atoms with Crippen molar-refractivity contribution in [1.82, 2.24) is 9.37 Å². The van der Waals surface area contributed by atoms with Crippen molar-refractivity contribution in [2.24, 2.45) is 0 Å². The molecule has 0 aromatic heterocycles. The number of ether oxygens (including phenoxy) is 1. The Hall–Kier alpha value is -1.15. The molecule has 1 aliphatic heterocycles. The van der Waals surface area contributed by atoms with Crippen molar-refractivity contribution in [3.05, 3.63) is 29.8 Å². The molecule has 124 valence electrons. The normalized spacial score (nSPS) is 23.4. The zero-order valence-corrected chi connectivity index (χ0v) is 14.5. The predicted molar refractivity (Wildman–Crippen MR) is 85.1 cm³/mol. The first kappa shape index (κ1) is 17.2. The molecule has 2 atom stereocenters. The number of hydrogen-bond acceptors (Lipinski definition) is 5. The van der Waals surface area contributed by atoms with Gasteiger partial charge < -0.3 is 4.74 Å². The maximum atomic E-state index is 12.8. The molecule has 0 bridgehead atoms. The van der Waals surface area contributed by atoms with Crippen molar-refractivity contribution in [2.45, 2.75) is 31.2 Å². The van der Waals surface area contributed by atoms with Crippen LogP contribution in [-0.4, -0.2) is 56.9 Å². The van der Waals surface area contributed by atoms with Crippen LogP contribution in [0.25, 0.3) is 0 Å². The Kier molecular flexibility index (Phi) is 5.11. The van der Waals surface area contributed by atoms with Gasteiger partial charge in [0.25, 0.3) is 0 Å². The molecule has 22 heavy (non-hydrogen) atoms. The van der Waals surface area contributed by atoms with Crippen LogP contribution in [0.3, 0.4) is 0 Å². The number of methoxy groups -OCH3 is 1. The SMILES string of the molecule is COc1cccc(C2C(S(=O)(=O)N(C)C(C)C)CON2C)c1. The first-order valence-corrected chi connectivity index (χ1v) is 8.76. The van der Waals surface area contributed by atoms with Crippen LogP contribution < -0.4 is 4.74 Å². The van der Waals surface area contributed by atoms with E-state index in [4.69, 9.17) is 9.57 Å². The van der Waals surface area contributed by atoms with E-state index in [0.717, 1.165) is 5.56 Å². The summed E-state index contributed by atoms with van der Waals surface area (Å²) in [6, 6.07) is 6.99. The molecule has 1 aromatic carbocycles. The summed E-state index contributed by atoms with van der Waals surface area (Å²) in [5.74, 6) is 0.700. The van der Waals surface area contributed by atoms with Crippen molar-refractivity contribution >= 4 is 10.0 Å². The smallest absolute Gasteiger partial charge is 0.221 e. The first-order chi connectivity index (χ1) is 10.3. The number of sulfonamides is 1. The fourth-order valence-electron chi connectivity index (χ4n) is 2.60. The number of nitrogens with zero attached hydrogens (tertiary/aromatic N) is 2. The molecule has 1 saturated heterocycles. The third kappa shape index (κ3) is 3.12. The van der Waals surface area contributed by atoms with Crippen LogP contribution >= 0.6 is 0 Å². The molecule has 1 fully saturated rings. The van der Waals surface area contributed by atoms with Crippen molar-refractivity contribution in [3.8, 4) is 5.75 Å². The highest BCUT2D eigenvalue weighted by atomic mass is 32.2. The van der Waals surface area contributed by atoms with Gasteiger partial charge in [0.1, 0.15) is 11.0 Å². The van der Waals surface area contributed by atoms with Crippen molar-refractivity contribution in [3.63, 3.8) is 0 Å². The number of hydrogen-bond donors (Lipinski definition) is 0.